The Balaban J connectivity index is 2.31. The number of anilines is 1. The molecule has 2 aromatic rings. The predicted octanol–water partition coefficient (Wildman–Crippen LogP) is 2.12. The van der Waals surface area contributed by atoms with Gasteiger partial charge in [-0.2, -0.15) is 0 Å². The van der Waals surface area contributed by atoms with Gasteiger partial charge in [0.25, 0.3) is 0 Å². The minimum Gasteiger partial charge on any atom is -0.494 e. The van der Waals surface area contributed by atoms with Gasteiger partial charge >= 0.3 is 0 Å². The number of ether oxygens (including phenoxy) is 1. The van der Waals surface area contributed by atoms with E-state index in [9.17, 15) is 0 Å². The molecule has 1 aromatic carbocycles. The molecule has 0 aliphatic heterocycles. The third-order valence-corrected chi connectivity index (χ3v) is 2.17. The molecule has 16 heavy (non-hydrogen) atoms. The molecule has 0 aliphatic carbocycles. The van der Waals surface area contributed by atoms with Crippen molar-refractivity contribution in [3.05, 3.63) is 36.7 Å². The van der Waals surface area contributed by atoms with Gasteiger partial charge in [-0.15, -0.1) is 0 Å². The first-order chi connectivity index (χ1) is 7.81. The maximum atomic E-state index is 5.74. The topological polar surface area (TPSA) is 61.0 Å². The van der Waals surface area contributed by atoms with Crippen molar-refractivity contribution in [2.24, 2.45) is 0 Å². The second-order valence-electron chi connectivity index (χ2n) is 3.25. The first kappa shape index (κ1) is 10.4. The second kappa shape index (κ2) is 4.61. The minimum atomic E-state index is 0.437. The number of aromatic nitrogens is 2. The SMILES string of the molecule is CCOc1ccc(-c2nccnc2N)cc1. The minimum absolute atomic E-state index is 0.437. The summed E-state index contributed by atoms with van der Waals surface area (Å²) in [4.78, 5) is 8.19. The molecule has 0 bridgehead atoms. The number of rotatable bonds is 3. The van der Waals surface area contributed by atoms with Gasteiger partial charge in [0, 0.05) is 18.0 Å². The third-order valence-electron chi connectivity index (χ3n) is 2.17. The van der Waals surface area contributed by atoms with E-state index in [1.807, 2.05) is 31.2 Å². The normalized spacial score (nSPS) is 10.1. The average Bonchev–Trinajstić information content (AvgIpc) is 2.31. The fourth-order valence-corrected chi connectivity index (χ4v) is 1.45. The van der Waals surface area contributed by atoms with Gasteiger partial charge in [0.15, 0.2) is 0 Å². The summed E-state index contributed by atoms with van der Waals surface area (Å²) in [7, 11) is 0. The van der Waals surface area contributed by atoms with Crippen molar-refractivity contribution in [1.29, 1.82) is 0 Å². The van der Waals surface area contributed by atoms with E-state index in [1.165, 1.54) is 0 Å². The van der Waals surface area contributed by atoms with Crippen LogP contribution in [-0.2, 0) is 0 Å². The van der Waals surface area contributed by atoms with Crippen molar-refractivity contribution in [2.45, 2.75) is 6.92 Å². The molecule has 0 radical (unpaired) electrons. The molecule has 0 spiro atoms. The van der Waals surface area contributed by atoms with Gasteiger partial charge in [-0.25, -0.2) is 4.98 Å². The van der Waals surface area contributed by atoms with Crippen molar-refractivity contribution in [3.63, 3.8) is 0 Å². The first-order valence-electron chi connectivity index (χ1n) is 5.11. The molecular weight excluding hydrogens is 202 g/mol. The molecule has 2 rings (SSSR count). The van der Waals surface area contributed by atoms with Crippen LogP contribution in [0.2, 0.25) is 0 Å². The molecular formula is C12H13N3O. The summed E-state index contributed by atoms with van der Waals surface area (Å²) in [5, 5.41) is 0. The van der Waals surface area contributed by atoms with Crippen molar-refractivity contribution in [3.8, 4) is 17.0 Å². The highest BCUT2D eigenvalue weighted by atomic mass is 16.5. The Labute approximate surface area is 94.1 Å². The van der Waals surface area contributed by atoms with Crippen molar-refractivity contribution in [1.82, 2.24) is 9.97 Å². The van der Waals surface area contributed by atoms with Crippen LogP contribution in [0.1, 0.15) is 6.92 Å². The first-order valence-corrected chi connectivity index (χ1v) is 5.11. The van der Waals surface area contributed by atoms with Crippen LogP contribution in [0.3, 0.4) is 0 Å². The molecule has 0 atom stereocenters. The number of hydrogen-bond donors (Lipinski definition) is 1. The van der Waals surface area contributed by atoms with Gasteiger partial charge in [-0.05, 0) is 31.2 Å². The third kappa shape index (κ3) is 2.11. The summed E-state index contributed by atoms with van der Waals surface area (Å²) in [6.07, 6.45) is 3.20. The maximum Gasteiger partial charge on any atom is 0.149 e. The molecule has 0 fully saturated rings. The van der Waals surface area contributed by atoms with Crippen LogP contribution >= 0.6 is 0 Å². The van der Waals surface area contributed by atoms with E-state index in [1.54, 1.807) is 12.4 Å². The largest absolute Gasteiger partial charge is 0.494 e. The van der Waals surface area contributed by atoms with Crippen LogP contribution in [-0.4, -0.2) is 16.6 Å². The molecule has 0 unspecified atom stereocenters. The van der Waals surface area contributed by atoms with E-state index in [2.05, 4.69) is 9.97 Å². The number of nitrogens with two attached hydrogens (primary N) is 1. The fraction of sp³-hybridized carbons (Fsp3) is 0.167. The number of nitrogens with zero attached hydrogens (tertiary/aromatic N) is 2. The van der Waals surface area contributed by atoms with Gasteiger partial charge < -0.3 is 10.5 Å². The zero-order chi connectivity index (χ0) is 11.4. The van der Waals surface area contributed by atoms with E-state index in [0.717, 1.165) is 11.3 Å². The molecule has 0 saturated carbocycles. The van der Waals surface area contributed by atoms with Crippen molar-refractivity contribution in [2.75, 3.05) is 12.3 Å². The van der Waals surface area contributed by atoms with Crippen LogP contribution in [0.4, 0.5) is 5.82 Å². The van der Waals surface area contributed by atoms with E-state index >= 15 is 0 Å². The van der Waals surface area contributed by atoms with Crippen molar-refractivity contribution >= 4 is 5.82 Å². The van der Waals surface area contributed by atoms with Gasteiger partial charge in [0.1, 0.15) is 17.3 Å². The Morgan fingerprint density at radius 2 is 1.81 bits per heavy atom. The lowest BCUT2D eigenvalue weighted by molar-refractivity contribution is 0.340. The molecule has 1 aromatic heterocycles. The smallest absolute Gasteiger partial charge is 0.149 e. The molecule has 0 saturated heterocycles. The van der Waals surface area contributed by atoms with E-state index in [0.29, 0.717) is 18.1 Å². The monoisotopic (exact) mass is 215 g/mol. The molecule has 4 nitrogen and oxygen atoms in total. The Hall–Kier alpha value is -2.10. The highest BCUT2D eigenvalue weighted by Crippen LogP contribution is 2.23. The zero-order valence-corrected chi connectivity index (χ0v) is 9.05. The van der Waals surface area contributed by atoms with Gasteiger partial charge in [0.05, 0.1) is 6.61 Å². The zero-order valence-electron chi connectivity index (χ0n) is 9.05. The van der Waals surface area contributed by atoms with Crippen LogP contribution in [0.15, 0.2) is 36.7 Å². The summed E-state index contributed by atoms with van der Waals surface area (Å²) >= 11 is 0. The average molecular weight is 215 g/mol. The summed E-state index contributed by atoms with van der Waals surface area (Å²) in [5.41, 5.74) is 7.38. The molecule has 0 aliphatic rings. The van der Waals surface area contributed by atoms with Gasteiger partial charge in [-0.1, -0.05) is 0 Å². The molecule has 82 valence electrons. The Kier molecular flexibility index (Phi) is 3.00. The Morgan fingerprint density at radius 3 is 2.44 bits per heavy atom. The number of benzene rings is 1. The van der Waals surface area contributed by atoms with Crippen LogP contribution in [0.5, 0.6) is 5.75 Å². The van der Waals surface area contributed by atoms with Crippen LogP contribution in [0.25, 0.3) is 11.3 Å². The maximum absolute atomic E-state index is 5.74. The summed E-state index contributed by atoms with van der Waals surface area (Å²) in [6, 6.07) is 7.64. The van der Waals surface area contributed by atoms with Crippen LogP contribution in [0, 0.1) is 0 Å². The molecule has 0 amide bonds. The van der Waals surface area contributed by atoms with E-state index in [4.69, 9.17) is 10.5 Å². The second-order valence-corrected chi connectivity index (χ2v) is 3.25. The lowest BCUT2D eigenvalue weighted by atomic mass is 10.1. The van der Waals surface area contributed by atoms with Gasteiger partial charge in [-0.3, -0.25) is 4.98 Å². The summed E-state index contributed by atoms with van der Waals surface area (Å²) < 4.78 is 5.36. The van der Waals surface area contributed by atoms with Gasteiger partial charge in [0.2, 0.25) is 0 Å². The number of hydrogen-bond acceptors (Lipinski definition) is 4. The quantitative estimate of drug-likeness (QED) is 0.851. The highest BCUT2D eigenvalue weighted by molar-refractivity contribution is 5.69. The van der Waals surface area contributed by atoms with E-state index in [-0.39, 0.29) is 0 Å². The summed E-state index contributed by atoms with van der Waals surface area (Å²) in [5.74, 6) is 1.28. The van der Waals surface area contributed by atoms with Crippen molar-refractivity contribution < 1.29 is 4.74 Å². The lowest BCUT2D eigenvalue weighted by Crippen LogP contribution is -1.96. The lowest BCUT2D eigenvalue weighted by Gasteiger charge is -2.05. The Bertz CT molecular complexity index is 468. The Morgan fingerprint density at radius 1 is 1.12 bits per heavy atom. The number of nitrogen functional groups attached to an aromatic ring is 1. The van der Waals surface area contributed by atoms with E-state index < -0.39 is 0 Å². The molecule has 4 heteroatoms. The fourth-order valence-electron chi connectivity index (χ4n) is 1.45. The summed E-state index contributed by atoms with van der Waals surface area (Å²) in [6.45, 7) is 2.61. The molecule has 1 heterocycles. The highest BCUT2D eigenvalue weighted by Gasteiger charge is 2.04. The predicted molar refractivity (Wildman–Crippen MR) is 63.0 cm³/mol. The standard InChI is InChI=1S/C12H13N3O/c1-2-16-10-5-3-9(4-6-10)11-12(13)15-8-7-14-11/h3-8H,2H2,1H3,(H2,13,15). The van der Waals surface area contributed by atoms with Crippen LogP contribution < -0.4 is 10.5 Å². The molecule has 2 N–H and O–H groups in total.